The molecule has 1 aliphatic heterocycles. The maximum Gasteiger partial charge on any atom is 0.451 e. The van der Waals surface area contributed by atoms with Gasteiger partial charge in [0.05, 0.1) is 5.60 Å². The van der Waals surface area contributed by atoms with Crippen molar-refractivity contribution in [2.45, 2.75) is 44.7 Å². The van der Waals surface area contributed by atoms with E-state index in [2.05, 4.69) is 5.32 Å². The van der Waals surface area contributed by atoms with E-state index < -0.39 is 30.1 Å². The highest BCUT2D eigenvalue weighted by molar-refractivity contribution is 6.40. The molecule has 0 aromatic rings. The maximum atomic E-state index is 11.1. The van der Waals surface area contributed by atoms with Gasteiger partial charge < -0.3 is 25.6 Å². The Morgan fingerprint density at radius 3 is 2.41 bits per heavy atom. The van der Waals surface area contributed by atoms with E-state index in [9.17, 15) is 9.90 Å². The summed E-state index contributed by atoms with van der Waals surface area (Å²) in [5, 5.41) is 39.6. The average Bonchev–Trinajstić information content (AvgIpc) is 2.06. The SMILES string of the molecule is CC(C)(O)[C@@]1(CCCB(O)O)CN[C@@H]1C(=O)O. The van der Waals surface area contributed by atoms with Gasteiger partial charge in [-0.2, -0.15) is 0 Å². The molecular formula is C10H20BNO5. The van der Waals surface area contributed by atoms with Crippen LogP contribution in [0.1, 0.15) is 26.7 Å². The molecule has 17 heavy (non-hydrogen) atoms. The van der Waals surface area contributed by atoms with Crippen molar-refractivity contribution in [1.29, 1.82) is 0 Å². The van der Waals surface area contributed by atoms with Crippen LogP contribution in [0.5, 0.6) is 0 Å². The molecule has 0 radical (unpaired) electrons. The van der Waals surface area contributed by atoms with Crippen molar-refractivity contribution in [2.75, 3.05) is 6.54 Å². The van der Waals surface area contributed by atoms with Crippen molar-refractivity contribution in [3.63, 3.8) is 0 Å². The van der Waals surface area contributed by atoms with E-state index in [0.717, 1.165) is 0 Å². The van der Waals surface area contributed by atoms with Crippen LogP contribution < -0.4 is 5.32 Å². The fourth-order valence-corrected chi connectivity index (χ4v) is 2.48. The first-order valence-electron chi connectivity index (χ1n) is 5.75. The summed E-state index contributed by atoms with van der Waals surface area (Å²) in [6.45, 7) is 3.62. The van der Waals surface area contributed by atoms with Gasteiger partial charge in [-0.15, -0.1) is 0 Å². The van der Waals surface area contributed by atoms with E-state index in [-0.39, 0.29) is 6.32 Å². The number of carboxylic acids is 1. The molecule has 0 aromatic carbocycles. The fraction of sp³-hybridized carbons (Fsp3) is 0.900. The van der Waals surface area contributed by atoms with Gasteiger partial charge >= 0.3 is 13.1 Å². The monoisotopic (exact) mass is 245 g/mol. The highest BCUT2D eigenvalue weighted by Gasteiger charge is 2.58. The van der Waals surface area contributed by atoms with E-state index in [1.54, 1.807) is 13.8 Å². The second-order valence-electron chi connectivity index (χ2n) is 5.24. The zero-order valence-corrected chi connectivity index (χ0v) is 10.2. The second kappa shape index (κ2) is 4.93. The van der Waals surface area contributed by atoms with Gasteiger partial charge in [0.25, 0.3) is 0 Å². The lowest BCUT2D eigenvalue weighted by atomic mass is 9.60. The molecule has 0 spiro atoms. The van der Waals surface area contributed by atoms with Gasteiger partial charge in [0.15, 0.2) is 0 Å². The van der Waals surface area contributed by atoms with Crippen molar-refractivity contribution in [3.8, 4) is 0 Å². The molecule has 1 saturated heterocycles. The molecule has 0 unspecified atom stereocenters. The zero-order valence-electron chi connectivity index (χ0n) is 10.2. The lowest BCUT2D eigenvalue weighted by molar-refractivity contribution is -0.168. The quantitative estimate of drug-likeness (QED) is 0.386. The summed E-state index contributed by atoms with van der Waals surface area (Å²) in [5.74, 6) is -0.983. The van der Waals surface area contributed by atoms with Crippen molar-refractivity contribution in [2.24, 2.45) is 5.41 Å². The molecule has 7 heteroatoms. The highest BCUT2D eigenvalue weighted by atomic mass is 16.4. The first-order chi connectivity index (χ1) is 7.71. The lowest BCUT2D eigenvalue weighted by Gasteiger charge is -2.55. The molecule has 1 rings (SSSR count). The van der Waals surface area contributed by atoms with Gasteiger partial charge in [-0.1, -0.05) is 6.42 Å². The minimum absolute atomic E-state index is 0.185. The van der Waals surface area contributed by atoms with E-state index in [1.807, 2.05) is 0 Å². The van der Waals surface area contributed by atoms with Crippen LogP contribution in [0.15, 0.2) is 0 Å². The van der Waals surface area contributed by atoms with Gasteiger partial charge in [-0.05, 0) is 26.6 Å². The number of nitrogens with one attached hydrogen (secondary N) is 1. The third kappa shape index (κ3) is 2.79. The molecule has 1 aliphatic rings. The molecule has 2 atom stereocenters. The van der Waals surface area contributed by atoms with Gasteiger partial charge in [-0.3, -0.25) is 4.79 Å². The summed E-state index contributed by atoms with van der Waals surface area (Å²) in [6.07, 6.45) is 1.09. The van der Waals surface area contributed by atoms with Crippen LogP contribution in [0.25, 0.3) is 0 Å². The zero-order chi connectivity index (χ0) is 13.3. The largest absolute Gasteiger partial charge is 0.480 e. The highest BCUT2D eigenvalue weighted by Crippen LogP contribution is 2.44. The Labute approximate surface area is 101 Å². The third-order valence-corrected chi connectivity index (χ3v) is 3.72. The molecule has 1 heterocycles. The molecule has 0 aromatic heterocycles. The molecule has 0 amide bonds. The van der Waals surface area contributed by atoms with Gasteiger partial charge in [0.2, 0.25) is 0 Å². The molecule has 5 N–H and O–H groups in total. The summed E-state index contributed by atoms with van der Waals surface area (Å²) < 4.78 is 0. The molecular weight excluding hydrogens is 225 g/mol. The summed E-state index contributed by atoms with van der Waals surface area (Å²) in [5.41, 5.74) is -1.87. The van der Waals surface area contributed by atoms with Crippen LogP contribution in [0, 0.1) is 5.41 Å². The van der Waals surface area contributed by atoms with Gasteiger partial charge in [0, 0.05) is 12.0 Å². The summed E-state index contributed by atoms with van der Waals surface area (Å²) in [6, 6.07) is -0.779. The minimum Gasteiger partial charge on any atom is -0.480 e. The number of aliphatic hydroxyl groups is 1. The van der Waals surface area contributed by atoms with E-state index in [4.69, 9.17) is 15.2 Å². The Balaban J connectivity index is 2.72. The van der Waals surface area contributed by atoms with Crippen LogP contribution >= 0.6 is 0 Å². The van der Waals surface area contributed by atoms with Crippen molar-refractivity contribution >= 4 is 13.1 Å². The number of hydrogen-bond donors (Lipinski definition) is 5. The molecule has 98 valence electrons. The lowest BCUT2D eigenvalue weighted by Crippen LogP contribution is -2.73. The number of rotatable bonds is 6. The Hall–Kier alpha value is -0.625. The van der Waals surface area contributed by atoms with Crippen LogP contribution in [-0.4, -0.2) is 51.5 Å². The standard InChI is InChI=1S/C10H20BNO5/c1-9(2,15)10(4-3-5-11(16)17)6-12-7(10)8(13)14/h7,12,15-17H,3-6H2,1-2H3,(H,13,14)/t7-,10+/m1/s1. The molecule has 0 aliphatic carbocycles. The summed E-state index contributed by atoms with van der Waals surface area (Å²) in [7, 11) is -1.38. The summed E-state index contributed by atoms with van der Waals surface area (Å²) >= 11 is 0. The van der Waals surface area contributed by atoms with Gasteiger partial charge in [-0.25, -0.2) is 0 Å². The third-order valence-electron chi connectivity index (χ3n) is 3.72. The maximum absolute atomic E-state index is 11.1. The van der Waals surface area contributed by atoms with E-state index >= 15 is 0 Å². The first-order valence-corrected chi connectivity index (χ1v) is 5.75. The van der Waals surface area contributed by atoms with Crippen LogP contribution in [-0.2, 0) is 4.79 Å². The number of aliphatic carboxylic acids is 1. The molecule has 0 bridgehead atoms. The Kier molecular flexibility index (Phi) is 4.19. The smallest absolute Gasteiger partial charge is 0.451 e. The fourth-order valence-electron chi connectivity index (χ4n) is 2.48. The Morgan fingerprint density at radius 2 is 2.12 bits per heavy atom. The number of carboxylic acid groups (broad SMARTS) is 1. The molecule has 6 nitrogen and oxygen atoms in total. The van der Waals surface area contributed by atoms with E-state index in [0.29, 0.717) is 19.4 Å². The minimum atomic E-state index is -1.38. The first kappa shape index (κ1) is 14.4. The predicted molar refractivity (Wildman–Crippen MR) is 62.4 cm³/mol. The molecule has 0 saturated carbocycles. The topological polar surface area (TPSA) is 110 Å². The van der Waals surface area contributed by atoms with E-state index in [1.165, 1.54) is 0 Å². The number of hydrogen-bond acceptors (Lipinski definition) is 5. The van der Waals surface area contributed by atoms with Crippen molar-refractivity contribution in [1.82, 2.24) is 5.32 Å². The summed E-state index contributed by atoms with van der Waals surface area (Å²) in [4.78, 5) is 11.1. The van der Waals surface area contributed by atoms with Gasteiger partial charge in [0.1, 0.15) is 6.04 Å². The van der Waals surface area contributed by atoms with Crippen LogP contribution in [0.3, 0.4) is 0 Å². The average molecular weight is 245 g/mol. The predicted octanol–water partition coefficient (Wildman–Crippen LogP) is -0.947. The normalized spacial score (nSPS) is 28.6. The molecule has 1 fully saturated rings. The Bertz CT molecular complexity index is 291. The number of carbonyl (C=O) groups is 1. The van der Waals surface area contributed by atoms with Crippen LogP contribution in [0.2, 0.25) is 6.32 Å². The second-order valence-corrected chi connectivity index (χ2v) is 5.24. The van der Waals surface area contributed by atoms with Crippen molar-refractivity contribution in [3.05, 3.63) is 0 Å². The van der Waals surface area contributed by atoms with Crippen molar-refractivity contribution < 1.29 is 25.1 Å². The van der Waals surface area contributed by atoms with Crippen LogP contribution in [0.4, 0.5) is 0 Å². The Morgan fingerprint density at radius 1 is 1.53 bits per heavy atom.